The van der Waals surface area contributed by atoms with Gasteiger partial charge in [-0.05, 0) is 25.0 Å². The molecule has 24 nitrogen and oxygen atoms in total. The summed E-state index contributed by atoms with van der Waals surface area (Å²) in [5, 5.41) is 127. The van der Waals surface area contributed by atoms with Crippen LogP contribution in [0.4, 0.5) is 0 Å². The maximum atomic E-state index is 13.6. The lowest BCUT2D eigenvalue weighted by Crippen LogP contribution is -2.53. The molecule has 2 aliphatic heterocycles. The number of carbonyl (C=O) groups excluding carboxylic acids is 6. The number of ether oxygens (including phenoxy) is 4. The molecule has 16 N–H and O–H groups in total. The van der Waals surface area contributed by atoms with Crippen LogP contribution in [0.25, 0.3) is 0 Å². The lowest BCUT2D eigenvalue weighted by molar-refractivity contribution is -0.247. The van der Waals surface area contributed by atoms with E-state index in [2.05, 4.69) is 0 Å². The van der Waals surface area contributed by atoms with Crippen molar-refractivity contribution in [3.8, 4) is 23.0 Å². The van der Waals surface area contributed by atoms with Crippen LogP contribution in [0.2, 0.25) is 0 Å². The average molecular weight is 1090 g/mol. The van der Waals surface area contributed by atoms with Crippen molar-refractivity contribution >= 4 is 34.7 Å². The number of phenolic OH excluding ortho intramolecular Hbond substituents is 4. The number of benzene rings is 4. The zero-order valence-electron chi connectivity index (χ0n) is 41.9. The van der Waals surface area contributed by atoms with Crippen molar-refractivity contribution < 1.29 is 109 Å². The Morgan fingerprint density at radius 1 is 0.564 bits per heavy atom. The lowest BCUT2D eigenvalue weighted by Gasteiger charge is -2.42. The quantitative estimate of drug-likeness (QED) is 0.0729. The predicted molar refractivity (Wildman–Crippen MR) is 262 cm³/mol. The number of hydrogen-bond donors (Lipinski definition) is 14. The van der Waals surface area contributed by atoms with E-state index in [1.165, 1.54) is 36.4 Å². The Labute approximate surface area is 442 Å². The van der Waals surface area contributed by atoms with Crippen LogP contribution in [0.15, 0.2) is 36.4 Å². The van der Waals surface area contributed by atoms with Gasteiger partial charge in [-0.15, -0.1) is 0 Å². The molecule has 4 aromatic carbocycles. The average Bonchev–Trinajstić information content (AvgIpc) is 3.50. The van der Waals surface area contributed by atoms with E-state index < -0.39 is 205 Å². The Bertz CT molecular complexity index is 2960. The normalized spacial score (nSPS) is 29.9. The van der Waals surface area contributed by atoms with E-state index in [0.717, 1.165) is 0 Å². The second-order valence-electron chi connectivity index (χ2n) is 20.5. The molecule has 0 radical (unpaired) electrons. The highest BCUT2D eigenvalue weighted by Crippen LogP contribution is 2.54. The van der Waals surface area contributed by atoms with E-state index in [-0.39, 0.29) is 68.5 Å². The molecule has 0 amide bonds. The van der Waals surface area contributed by atoms with Gasteiger partial charge in [-0.2, -0.15) is 0 Å². The summed E-state index contributed by atoms with van der Waals surface area (Å²) < 4.78 is 23.4. The van der Waals surface area contributed by atoms with Crippen LogP contribution in [-0.2, 0) is 54.6 Å². The fourth-order valence-corrected chi connectivity index (χ4v) is 11.6. The van der Waals surface area contributed by atoms with Gasteiger partial charge in [0.15, 0.2) is 47.3 Å². The molecule has 4 aliphatic carbocycles. The minimum atomic E-state index is -2.25. The Kier molecular flexibility index (Phi) is 15.1. The van der Waals surface area contributed by atoms with Crippen molar-refractivity contribution in [2.45, 2.75) is 138 Å². The molecular formula is C54H58N2O22. The van der Waals surface area contributed by atoms with Gasteiger partial charge in [0.2, 0.25) is 0 Å². The first kappa shape index (κ1) is 56.3. The number of ketones is 6. The fourth-order valence-electron chi connectivity index (χ4n) is 11.6. The highest BCUT2D eigenvalue weighted by atomic mass is 16.7. The summed E-state index contributed by atoms with van der Waals surface area (Å²) in [6.45, 7) is -0.0274. The second kappa shape index (κ2) is 21.0. The first-order valence-electron chi connectivity index (χ1n) is 24.9. The number of rotatable bonds is 10. The number of aliphatic hydroxyl groups is 8. The van der Waals surface area contributed by atoms with E-state index >= 15 is 0 Å². The molecule has 6 aliphatic rings. The van der Waals surface area contributed by atoms with Gasteiger partial charge in [0.05, 0.1) is 72.1 Å². The molecular weight excluding hydrogens is 1030 g/mol. The summed E-state index contributed by atoms with van der Waals surface area (Å²) in [7, 11) is 0. The van der Waals surface area contributed by atoms with E-state index in [9.17, 15) is 90.0 Å². The first-order chi connectivity index (χ1) is 36.9. The number of aliphatic hydroxyl groups excluding tert-OH is 6. The maximum absolute atomic E-state index is 13.6. The van der Waals surface area contributed by atoms with Gasteiger partial charge in [-0.1, -0.05) is 36.4 Å². The van der Waals surface area contributed by atoms with Gasteiger partial charge in [0.1, 0.15) is 47.4 Å². The molecule has 2 heterocycles. The predicted octanol–water partition coefficient (Wildman–Crippen LogP) is -1.03. The number of aromatic hydroxyl groups is 4. The Hall–Kier alpha value is -6.46. The van der Waals surface area contributed by atoms with Gasteiger partial charge in [0.25, 0.3) is 0 Å². The van der Waals surface area contributed by atoms with Gasteiger partial charge in [-0.3, -0.25) is 28.8 Å². The summed E-state index contributed by atoms with van der Waals surface area (Å²) in [6.07, 6.45) is -10.4. The van der Waals surface area contributed by atoms with Crippen LogP contribution in [0.5, 0.6) is 23.0 Å². The number of fused-ring (bicyclic) bond motifs is 6. The molecule has 0 aromatic heterocycles. The molecule has 0 spiro atoms. The highest BCUT2D eigenvalue weighted by Gasteiger charge is 2.52. The smallest absolute Gasteiger partial charge is 0.198 e. The van der Waals surface area contributed by atoms with Crippen molar-refractivity contribution in [3.05, 3.63) is 114 Å². The van der Waals surface area contributed by atoms with E-state index in [4.69, 9.17) is 30.4 Å². The fraction of sp³-hybridized carbons (Fsp3) is 0.444. The zero-order chi connectivity index (χ0) is 56.8. The van der Waals surface area contributed by atoms with Crippen molar-refractivity contribution in [2.24, 2.45) is 11.5 Å². The van der Waals surface area contributed by atoms with Crippen molar-refractivity contribution in [2.75, 3.05) is 13.2 Å². The molecule has 12 atom stereocenters. The summed E-state index contributed by atoms with van der Waals surface area (Å²) in [6, 6.07) is 7.06. The largest absolute Gasteiger partial charge is 0.507 e. The van der Waals surface area contributed by atoms with Gasteiger partial charge < -0.3 is 91.7 Å². The monoisotopic (exact) mass is 1090 g/mol. The molecule has 0 bridgehead atoms. The first-order valence-corrected chi connectivity index (χ1v) is 24.9. The molecule has 24 heteroatoms. The van der Waals surface area contributed by atoms with E-state index in [1.807, 2.05) is 0 Å². The Morgan fingerprint density at radius 2 is 0.910 bits per heavy atom. The third kappa shape index (κ3) is 9.09. The topological polar surface area (TPSA) is 434 Å². The number of phenols is 4. The summed E-state index contributed by atoms with van der Waals surface area (Å²) >= 11 is 0. The Balaban J connectivity index is 0.000000190. The SMILES string of the molecule is C[C@@H]1O[C@@H](O[C@H]2C[C@](O)(C(=O)CO)Cc3c(O)c4c(c(O)c32)C(=O)c2c(CO)cccc2C4=O)C[C@H](N)[C@@H]1O.C[C@@H]1O[C@@H](O[C@H]2C[C@](O)(C(=O)CO)Cc3c(O)c4c(c(O)c32)C(=O)c2c(CO)cccc2C4=O)C[C@H](N)[C@H]1O. The zero-order valence-corrected chi connectivity index (χ0v) is 41.9. The molecule has 2 fully saturated rings. The van der Waals surface area contributed by atoms with Crippen LogP contribution in [-0.4, -0.2) is 169 Å². The molecule has 0 saturated carbocycles. The minimum absolute atomic E-state index is 0.00600. The standard InChI is InChI=1S/2C27H29NO11/c2*1-10-22(32)14(28)5-17(38-10)39-15-7-27(37,16(31)9-30)6-13-19(15)26(36)21-20(24(13)34)23(33)12-4-2-3-11(8-29)18(12)25(21)35/h2*2-4,10,14-15,17,22,29-30,32,34,36-37H,5-9,28H2,1H3/t10-,14-,15-,17-,22+,27-;10-,14-,15-,17-,22-,27-/m00/s1. The molecule has 78 heavy (non-hydrogen) atoms. The number of Topliss-reactive ketones (excluding diaryl/α,β-unsaturated/α-hetero) is 2. The van der Waals surface area contributed by atoms with Crippen LogP contribution in [0.1, 0.15) is 149 Å². The summed E-state index contributed by atoms with van der Waals surface area (Å²) in [5.41, 5.74) is 4.69. The van der Waals surface area contributed by atoms with Crippen molar-refractivity contribution in [3.63, 3.8) is 0 Å². The number of carbonyl (C=O) groups is 6. The highest BCUT2D eigenvalue weighted by molar-refractivity contribution is 6.32. The third-order valence-electron chi connectivity index (χ3n) is 15.8. The second-order valence-corrected chi connectivity index (χ2v) is 20.5. The Morgan fingerprint density at radius 3 is 1.23 bits per heavy atom. The van der Waals surface area contributed by atoms with Crippen molar-refractivity contribution in [1.82, 2.24) is 0 Å². The lowest BCUT2D eigenvalue weighted by atomic mass is 9.71. The van der Waals surface area contributed by atoms with Gasteiger partial charge in [-0.25, -0.2) is 0 Å². The number of hydrogen-bond acceptors (Lipinski definition) is 24. The summed E-state index contributed by atoms with van der Waals surface area (Å²) in [4.78, 5) is 79.3. The third-order valence-corrected chi connectivity index (χ3v) is 15.8. The molecule has 416 valence electrons. The number of nitrogens with two attached hydrogens (primary N) is 2. The van der Waals surface area contributed by atoms with Crippen molar-refractivity contribution in [1.29, 1.82) is 0 Å². The van der Waals surface area contributed by atoms with Crippen LogP contribution >= 0.6 is 0 Å². The maximum Gasteiger partial charge on any atom is 0.198 e. The molecule has 2 saturated heterocycles. The van der Waals surface area contributed by atoms with Gasteiger partial charge in [0, 0.05) is 95.1 Å². The van der Waals surface area contributed by atoms with Gasteiger partial charge >= 0.3 is 0 Å². The molecule has 4 aromatic rings. The van der Waals surface area contributed by atoms with E-state index in [1.54, 1.807) is 13.8 Å². The minimum Gasteiger partial charge on any atom is -0.507 e. The molecule has 0 unspecified atom stereocenters. The molecule has 10 rings (SSSR count). The van der Waals surface area contributed by atoms with Crippen LogP contribution in [0.3, 0.4) is 0 Å². The van der Waals surface area contributed by atoms with Crippen LogP contribution < -0.4 is 11.5 Å². The van der Waals surface area contributed by atoms with E-state index in [0.29, 0.717) is 0 Å². The summed E-state index contributed by atoms with van der Waals surface area (Å²) in [5.74, 6) is -8.00. The van der Waals surface area contributed by atoms with Crippen LogP contribution in [0, 0.1) is 0 Å².